The summed E-state index contributed by atoms with van der Waals surface area (Å²) in [6, 6.07) is 20.6. The maximum atomic E-state index is 5.94. The highest BCUT2D eigenvalue weighted by Gasteiger charge is 2.16. The fourth-order valence-electron chi connectivity index (χ4n) is 2.60. The molecule has 1 aliphatic rings. The molecule has 22 heavy (non-hydrogen) atoms. The second-order valence-corrected chi connectivity index (χ2v) is 5.63. The van der Waals surface area contributed by atoms with Gasteiger partial charge >= 0.3 is 0 Å². The molecule has 2 aromatic carbocycles. The zero-order chi connectivity index (χ0) is 15.0. The minimum atomic E-state index is 0.205. The first kappa shape index (κ1) is 15.0. The van der Waals surface area contributed by atoms with Crippen molar-refractivity contribution in [2.75, 3.05) is 0 Å². The molecule has 0 spiro atoms. The van der Waals surface area contributed by atoms with E-state index >= 15 is 0 Å². The molecular formula is C20H22O2. The standard InChI is InChI=1S/C20H22O2/c1-3-7-17(8-4-1)15-21-19-11-13-20(14-12-19)22-16-18-9-5-2-6-10-18/h1-11,13,19-20H,12,14-16H2/t19-,20+. The fraction of sp³-hybridized carbons (Fsp3) is 0.300. The van der Waals surface area contributed by atoms with E-state index in [0.29, 0.717) is 13.2 Å². The molecule has 114 valence electrons. The Bertz CT molecular complexity index is 524. The van der Waals surface area contributed by atoms with Crippen molar-refractivity contribution in [3.05, 3.63) is 83.9 Å². The van der Waals surface area contributed by atoms with Gasteiger partial charge in [0, 0.05) is 0 Å². The number of benzene rings is 2. The second kappa shape index (κ2) is 7.92. The zero-order valence-corrected chi connectivity index (χ0v) is 12.7. The molecule has 0 amide bonds. The Hall–Kier alpha value is -1.90. The summed E-state index contributed by atoms with van der Waals surface area (Å²) < 4.78 is 11.9. The second-order valence-electron chi connectivity index (χ2n) is 5.63. The number of ether oxygens (including phenoxy) is 2. The summed E-state index contributed by atoms with van der Waals surface area (Å²) in [5.41, 5.74) is 2.44. The van der Waals surface area contributed by atoms with Crippen molar-refractivity contribution in [1.29, 1.82) is 0 Å². The first-order valence-electron chi connectivity index (χ1n) is 7.89. The van der Waals surface area contributed by atoms with Crippen LogP contribution in [0.2, 0.25) is 0 Å². The van der Waals surface area contributed by atoms with E-state index in [2.05, 4.69) is 36.4 Å². The molecule has 0 saturated heterocycles. The van der Waals surface area contributed by atoms with Crippen LogP contribution < -0.4 is 0 Å². The molecule has 0 fully saturated rings. The highest BCUT2D eigenvalue weighted by atomic mass is 16.5. The predicted octanol–water partition coefficient (Wildman–Crippen LogP) is 4.51. The molecule has 2 nitrogen and oxygen atoms in total. The van der Waals surface area contributed by atoms with Gasteiger partial charge in [-0.2, -0.15) is 0 Å². The van der Waals surface area contributed by atoms with Gasteiger partial charge in [-0.1, -0.05) is 72.8 Å². The van der Waals surface area contributed by atoms with E-state index in [4.69, 9.17) is 9.47 Å². The van der Waals surface area contributed by atoms with Crippen LogP contribution in [0.5, 0.6) is 0 Å². The SMILES string of the molecule is C1=C[C@H](OCc2ccccc2)CC[C@@H]1OCc1ccccc1. The maximum Gasteiger partial charge on any atom is 0.0762 e. The molecule has 0 heterocycles. The monoisotopic (exact) mass is 294 g/mol. The quantitative estimate of drug-likeness (QED) is 0.730. The van der Waals surface area contributed by atoms with E-state index in [9.17, 15) is 0 Å². The molecule has 0 aromatic heterocycles. The van der Waals surface area contributed by atoms with Crippen LogP contribution in [0.3, 0.4) is 0 Å². The Morgan fingerprint density at radius 3 is 1.41 bits per heavy atom. The van der Waals surface area contributed by atoms with E-state index in [1.165, 1.54) is 11.1 Å². The molecule has 2 aromatic rings. The predicted molar refractivity (Wildman–Crippen MR) is 88.4 cm³/mol. The van der Waals surface area contributed by atoms with Crippen LogP contribution in [0.1, 0.15) is 24.0 Å². The Labute approximate surface area is 132 Å². The number of rotatable bonds is 6. The topological polar surface area (TPSA) is 18.5 Å². The molecule has 0 saturated carbocycles. The van der Waals surface area contributed by atoms with E-state index in [-0.39, 0.29) is 12.2 Å². The van der Waals surface area contributed by atoms with Crippen molar-refractivity contribution in [2.45, 2.75) is 38.3 Å². The minimum absolute atomic E-state index is 0.205. The lowest BCUT2D eigenvalue weighted by Crippen LogP contribution is -2.21. The van der Waals surface area contributed by atoms with Gasteiger partial charge in [0.2, 0.25) is 0 Å². The summed E-state index contributed by atoms with van der Waals surface area (Å²) in [5, 5.41) is 0. The van der Waals surface area contributed by atoms with Crippen LogP contribution in [0.15, 0.2) is 72.8 Å². The summed E-state index contributed by atoms with van der Waals surface area (Å²) >= 11 is 0. The largest absolute Gasteiger partial charge is 0.369 e. The van der Waals surface area contributed by atoms with Crippen LogP contribution in [-0.2, 0) is 22.7 Å². The highest BCUT2D eigenvalue weighted by molar-refractivity contribution is 5.14. The molecule has 0 bridgehead atoms. The third kappa shape index (κ3) is 4.55. The zero-order valence-electron chi connectivity index (χ0n) is 12.7. The van der Waals surface area contributed by atoms with Gasteiger partial charge in [-0.05, 0) is 24.0 Å². The van der Waals surface area contributed by atoms with Crippen molar-refractivity contribution < 1.29 is 9.47 Å². The van der Waals surface area contributed by atoms with Gasteiger partial charge in [0.15, 0.2) is 0 Å². The maximum absolute atomic E-state index is 5.94. The smallest absolute Gasteiger partial charge is 0.0762 e. The summed E-state index contributed by atoms with van der Waals surface area (Å²) in [5.74, 6) is 0. The van der Waals surface area contributed by atoms with E-state index in [1.807, 2.05) is 36.4 Å². The van der Waals surface area contributed by atoms with Gasteiger partial charge in [0.05, 0.1) is 25.4 Å². The lowest BCUT2D eigenvalue weighted by molar-refractivity contribution is 0.0219. The van der Waals surface area contributed by atoms with Gasteiger partial charge in [0.25, 0.3) is 0 Å². The van der Waals surface area contributed by atoms with Gasteiger partial charge < -0.3 is 9.47 Å². The lowest BCUT2D eigenvalue weighted by Gasteiger charge is -2.23. The van der Waals surface area contributed by atoms with Crippen molar-refractivity contribution >= 4 is 0 Å². The molecule has 0 N–H and O–H groups in total. The Morgan fingerprint density at radius 1 is 0.636 bits per heavy atom. The molecule has 2 heteroatoms. The lowest BCUT2D eigenvalue weighted by atomic mass is 10.0. The summed E-state index contributed by atoms with van der Waals surface area (Å²) in [4.78, 5) is 0. The number of hydrogen-bond acceptors (Lipinski definition) is 2. The van der Waals surface area contributed by atoms with Crippen molar-refractivity contribution in [3.8, 4) is 0 Å². The van der Waals surface area contributed by atoms with E-state index < -0.39 is 0 Å². The van der Waals surface area contributed by atoms with Crippen LogP contribution in [0.4, 0.5) is 0 Å². The van der Waals surface area contributed by atoms with Crippen LogP contribution in [0, 0.1) is 0 Å². The van der Waals surface area contributed by atoms with Crippen LogP contribution >= 0.6 is 0 Å². The van der Waals surface area contributed by atoms with Crippen LogP contribution in [-0.4, -0.2) is 12.2 Å². The third-order valence-electron chi connectivity index (χ3n) is 3.89. The average Bonchev–Trinajstić information content (AvgIpc) is 2.61. The van der Waals surface area contributed by atoms with E-state index in [1.54, 1.807) is 0 Å². The average molecular weight is 294 g/mol. The Balaban J connectivity index is 1.42. The van der Waals surface area contributed by atoms with E-state index in [0.717, 1.165) is 12.8 Å². The van der Waals surface area contributed by atoms with Crippen molar-refractivity contribution in [1.82, 2.24) is 0 Å². The van der Waals surface area contributed by atoms with Crippen LogP contribution in [0.25, 0.3) is 0 Å². The summed E-state index contributed by atoms with van der Waals surface area (Å²) in [7, 11) is 0. The number of hydrogen-bond donors (Lipinski definition) is 0. The van der Waals surface area contributed by atoms with Gasteiger partial charge in [-0.15, -0.1) is 0 Å². The molecule has 0 unspecified atom stereocenters. The Morgan fingerprint density at radius 2 is 1.05 bits per heavy atom. The molecule has 0 radical (unpaired) electrons. The van der Waals surface area contributed by atoms with Crippen molar-refractivity contribution in [2.24, 2.45) is 0 Å². The minimum Gasteiger partial charge on any atom is -0.369 e. The summed E-state index contributed by atoms with van der Waals surface area (Å²) in [6.45, 7) is 1.34. The van der Waals surface area contributed by atoms with Crippen molar-refractivity contribution in [3.63, 3.8) is 0 Å². The first-order valence-corrected chi connectivity index (χ1v) is 7.89. The van der Waals surface area contributed by atoms with Gasteiger partial charge in [0.1, 0.15) is 0 Å². The highest BCUT2D eigenvalue weighted by Crippen LogP contribution is 2.19. The molecular weight excluding hydrogens is 272 g/mol. The molecule has 1 aliphatic carbocycles. The Kier molecular flexibility index (Phi) is 5.41. The van der Waals surface area contributed by atoms with Gasteiger partial charge in [-0.25, -0.2) is 0 Å². The first-order chi connectivity index (χ1) is 10.9. The third-order valence-corrected chi connectivity index (χ3v) is 3.89. The summed E-state index contributed by atoms with van der Waals surface area (Å²) in [6.07, 6.45) is 6.73. The van der Waals surface area contributed by atoms with Gasteiger partial charge in [-0.3, -0.25) is 0 Å². The molecule has 2 atom stereocenters. The fourth-order valence-corrected chi connectivity index (χ4v) is 2.60. The molecule has 3 rings (SSSR count). The molecule has 0 aliphatic heterocycles. The normalized spacial score (nSPS) is 20.9.